The Hall–Kier alpha value is -3.16. The second-order valence-electron chi connectivity index (χ2n) is 7.31. The highest BCUT2D eigenvalue weighted by Gasteiger charge is 2.30. The SMILES string of the molecule is COc1cccc(Cn2cc(NC(=O)C3CC(c4ccc(C)cc4)NN3)cn2)c1. The molecule has 4 rings (SSSR count). The van der Waals surface area contributed by atoms with Crippen LogP contribution >= 0.6 is 0 Å². The van der Waals surface area contributed by atoms with Gasteiger partial charge in [0.2, 0.25) is 5.91 Å². The number of anilines is 1. The Bertz CT molecular complexity index is 983. The van der Waals surface area contributed by atoms with Crippen LogP contribution in [-0.4, -0.2) is 28.8 Å². The number of hydrogen-bond donors (Lipinski definition) is 3. The van der Waals surface area contributed by atoms with E-state index in [0.29, 0.717) is 18.7 Å². The molecule has 1 aliphatic rings. The van der Waals surface area contributed by atoms with Crippen LogP contribution in [0.25, 0.3) is 0 Å². The van der Waals surface area contributed by atoms with Gasteiger partial charge in [0.25, 0.3) is 0 Å². The topological polar surface area (TPSA) is 80.2 Å². The number of aryl methyl sites for hydroxylation is 1. The Labute approximate surface area is 170 Å². The predicted molar refractivity (Wildman–Crippen MR) is 112 cm³/mol. The maximum Gasteiger partial charge on any atom is 0.243 e. The van der Waals surface area contributed by atoms with Gasteiger partial charge in [0.05, 0.1) is 25.5 Å². The first-order chi connectivity index (χ1) is 14.1. The Balaban J connectivity index is 1.34. The molecule has 150 valence electrons. The summed E-state index contributed by atoms with van der Waals surface area (Å²) in [6.45, 7) is 2.67. The van der Waals surface area contributed by atoms with E-state index < -0.39 is 0 Å². The highest BCUT2D eigenvalue weighted by atomic mass is 16.5. The van der Waals surface area contributed by atoms with Crippen LogP contribution < -0.4 is 20.9 Å². The summed E-state index contributed by atoms with van der Waals surface area (Å²) in [4.78, 5) is 12.6. The van der Waals surface area contributed by atoms with E-state index in [-0.39, 0.29) is 18.0 Å². The molecule has 0 spiro atoms. The smallest absolute Gasteiger partial charge is 0.243 e. The maximum atomic E-state index is 12.6. The lowest BCUT2D eigenvalue weighted by molar-refractivity contribution is -0.117. The van der Waals surface area contributed by atoms with Gasteiger partial charge in [-0.25, -0.2) is 10.9 Å². The Morgan fingerprint density at radius 2 is 2.07 bits per heavy atom. The van der Waals surface area contributed by atoms with Gasteiger partial charge in [-0.2, -0.15) is 5.10 Å². The monoisotopic (exact) mass is 391 g/mol. The summed E-state index contributed by atoms with van der Waals surface area (Å²) >= 11 is 0. The molecule has 2 aromatic carbocycles. The quantitative estimate of drug-likeness (QED) is 0.602. The van der Waals surface area contributed by atoms with E-state index in [4.69, 9.17) is 4.74 Å². The van der Waals surface area contributed by atoms with Gasteiger partial charge in [-0.1, -0.05) is 42.0 Å². The molecule has 0 radical (unpaired) electrons. The van der Waals surface area contributed by atoms with Crippen LogP contribution in [0.1, 0.15) is 29.2 Å². The second-order valence-corrected chi connectivity index (χ2v) is 7.31. The Morgan fingerprint density at radius 1 is 1.24 bits per heavy atom. The van der Waals surface area contributed by atoms with Crippen LogP contribution in [0, 0.1) is 6.92 Å². The lowest BCUT2D eigenvalue weighted by Gasteiger charge is -2.10. The summed E-state index contributed by atoms with van der Waals surface area (Å²) in [5.74, 6) is 0.735. The van der Waals surface area contributed by atoms with Crippen LogP contribution in [0.15, 0.2) is 60.9 Å². The molecule has 0 aliphatic carbocycles. The molecule has 3 aromatic rings. The summed E-state index contributed by atoms with van der Waals surface area (Å²) in [7, 11) is 1.65. The fraction of sp³-hybridized carbons (Fsp3) is 0.273. The van der Waals surface area contributed by atoms with Crippen LogP contribution in [0.3, 0.4) is 0 Å². The third-order valence-electron chi connectivity index (χ3n) is 5.08. The molecular formula is C22H25N5O2. The Kier molecular flexibility index (Phi) is 5.59. The van der Waals surface area contributed by atoms with E-state index in [1.807, 2.05) is 30.5 Å². The second kappa shape index (κ2) is 8.46. The highest BCUT2D eigenvalue weighted by Crippen LogP contribution is 2.23. The number of rotatable bonds is 6. The van der Waals surface area contributed by atoms with E-state index in [1.54, 1.807) is 18.0 Å². The summed E-state index contributed by atoms with van der Waals surface area (Å²) in [6, 6.07) is 16.0. The van der Waals surface area contributed by atoms with E-state index in [2.05, 4.69) is 52.5 Å². The average Bonchev–Trinajstić information content (AvgIpc) is 3.39. The molecule has 3 N–H and O–H groups in total. The molecule has 1 saturated heterocycles. The van der Waals surface area contributed by atoms with Crippen molar-refractivity contribution < 1.29 is 9.53 Å². The first-order valence-corrected chi connectivity index (χ1v) is 9.64. The molecule has 29 heavy (non-hydrogen) atoms. The summed E-state index contributed by atoms with van der Waals surface area (Å²) in [5.41, 5.74) is 10.5. The molecule has 1 aromatic heterocycles. The van der Waals surface area contributed by atoms with Gasteiger partial charge in [0.15, 0.2) is 0 Å². The number of carbonyl (C=O) groups is 1. The summed E-state index contributed by atoms with van der Waals surface area (Å²) in [6.07, 6.45) is 4.18. The molecule has 0 saturated carbocycles. The molecule has 2 unspecified atom stereocenters. The molecule has 0 bridgehead atoms. The van der Waals surface area contributed by atoms with E-state index in [0.717, 1.165) is 11.3 Å². The summed E-state index contributed by atoms with van der Waals surface area (Å²) < 4.78 is 7.05. The minimum atomic E-state index is -0.303. The van der Waals surface area contributed by atoms with Gasteiger partial charge >= 0.3 is 0 Å². The van der Waals surface area contributed by atoms with Gasteiger partial charge in [-0.3, -0.25) is 9.48 Å². The number of methoxy groups -OCH3 is 1. The summed E-state index contributed by atoms with van der Waals surface area (Å²) in [5, 5.41) is 7.29. The van der Waals surface area contributed by atoms with Crippen LogP contribution in [0.5, 0.6) is 5.75 Å². The van der Waals surface area contributed by atoms with Gasteiger partial charge in [0, 0.05) is 12.2 Å². The van der Waals surface area contributed by atoms with E-state index in [1.165, 1.54) is 11.1 Å². The van der Waals surface area contributed by atoms with E-state index >= 15 is 0 Å². The number of hydrogen-bond acceptors (Lipinski definition) is 5. The number of aromatic nitrogens is 2. The lowest BCUT2D eigenvalue weighted by Crippen LogP contribution is -2.39. The first-order valence-electron chi connectivity index (χ1n) is 9.64. The molecular weight excluding hydrogens is 366 g/mol. The molecule has 2 atom stereocenters. The number of carbonyl (C=O) groups excluding carboxylic acids is 1. The fourth-order valence-corrected chi connectivity index (χ4v) is 3.45. The van der Waals surface area contributed by atoms with Crippen molar-refractivity contribution in [1.29, 1.82) is 0 Å². The van der Waals surface area contributed by atoms with Crippen molar-refractivity contribution >= 4 is 11.6 Å². The van der Waals surface area contributed by atoms with Gasteiger partial charge in [-0.15, -0.1) is 0 Å². The van der Waals surface area contributed by atoms with Crippen molar-refractivity contribution in [1.82, 2.24) is 20.6 Å². The van der Waals surface area contributed by atoms with Crippen molar-refractivity contribution in [3.63, 3.8) is 0 Å². The van der Waals surface area contributed by atoms with Crippen molar-refractivity contribution in [3.8, 4) is 5.75 Å². The van der Waals surface area contributed by atoms with Crippen LogP contribution in [0.4, 0.5) is 5.69 Å². The molecule has 1 aliphatic heterocycles. The van der Waals surface area contributed by atoms with Crippen molar-refractivity contribution in [2.24, 2.45) is 0 Å². The molecule has 1 amide bonds. The number of benzene rings is 2. The Morgan fingerprint density at radius 3 is 2.86 bits per heavy atom. The third kappa shape index (κ3) is 4.64. The van der Waals surface area contributed by atoms with Gasteiger partial charge in [0.1, 0.15) is 11.8 Å². The van der Waals surface area contributed by atoms with Crippen molar-refractivity contribution in [3.05, 3.63) is 77.6 Å². The number of nitrogens with one attached hydrogen (secondary N) is 3. The first kappa shape index (κ1) is 19.2. The zero-order chi connectivity index (χ0) is 20.2. The molecule has 1 fully saturated rings. The third-order valence-corrected chi connectivity index (χ3v) is 5.08. The molecule has 7 nitrogen and oxygen atoms in total. The van der Waals surface area contributed by atoms with Crippen LogP contribution in [-0.2, 0) is 11.3 Å². The minimum absolute atomic E-state index is 0.0759. The zero-order valence-electron chi connectivity index (χ0n) is 16.6. The average molecular weight is 391 g/mol. The number of nitrogens with zero attached hydrogens (tertiary/aromatic N) is 2. The number of amides is 1. The van der Waals surface area contributed by atoms with Crippen molar-refractivity contribution in [2.75, 3.05) is 12.4 Å². The largest absolute Gasteiger partial charge is 0.497 e. The van der Waals surface area contributed by atoms with Crippen LogP contribution in [0.2, 0.25) is 0 Å². The zero-order valence-corrected chi connectivity index (χ0v) is 16.6. The molecule has 7 heteroatoms. The van der Waals surface area contributed by atoms with Gasteiger partial charge < -0.3 is 10.1 Å². The van der Waals surface area contributed by atoms with E-state index in [9.17, 15) is 4.79 Å². The minimum Gasteiger partial charge on any atom is -0.497 e. The number of hydrazine groups is 1. The predicted octanol–water partition coefficient (Wildman–Crippen LogP) is 2.79. The lowest BCUT2D eigenvalue weighted by atomic mass is 10.0. The van der Waals surface area contributed by atoms with Crippen molar-refractivity contribution in [2.45, 2.75) is 32.0 Å². The maximum absolute atomic E-state index is 12.6. The fourth-order valence-electron chi connectivity index (χ4n) is 3.45. The van der Waals surface area contributed by atoms with Gasteiger partial charge in [-0.05, 0) is 36.6 Å². The normalized spacial score (nSPS) is 18.6. The number of ether oxygens (including phenoxy) is 1. The standard InChI is InChI=1S/C22H25N5O2/c1-15-6-8-17(9-7-15)20-11-21(26-25-20)22(28)24-18-12-23-27(14-18)13-16-4-3-5-19(10-16)29-2/h3-10,12,14,20-21,25-26H,11,13H2,1-2H3,(H,24,28). The molecule has 2 heterocycles. The highest BCUT2D eigenvalue weighted by molar-refractivity contribution is 5.94.